The summed E-state index contributed by atoms with van der Waals surface area (Å²) in [5, 5.41) is 16.7. The van der Waals surface area contributed by atoms with Crippen molar-refractivity contribution in [2.45, 2.75) is 51.4 Å². The van der Waals surface area contributed by atoms with Crippen LogP contribution in [0.15, 0.2) is 0 Å². The Balaban J connectivity index is 0. The molecular formula is C10H18LaO4. The molecule has 0 aromatic rings. The quantitative estimate of drug-likeness (QED) is 0.631. The summed E-state index contributed by atoms with van der Waals surface area (Å²) >= 11 is 0. The second-order valence-corrected chi connectivity index (χ2v) is 3.41. The molecule has 0 saturated heterocycles. The van der Waals surface area contributed by atoms with Gasteiger partial charge in [0.25, 0.3) is 0 Å². The molecule has 0 bridgehead atoms. The zero-order chi connectivity index (χ0) is 10.8. The molecule has 0 aliphatic heterocycles. The minimum Gasteiger partial charge on any atom is -0.481 e. The molecule has 0 unspecified atom stereocenters. The smallest absolute Gasteiger partial charge is 0.303 e. The van der Waals surface area contributed by atoms with Gasteiger partial charge >= 0.3 is 11.9 Å². The Labute approximate surface area is 118 Å². The van der Waals surface area contributed by atoms with Crippen LogP contribution in [0.25, 0.3) is 0 Å². The third kappa shape index (κ3) is 16.8. The molecule has 5 heteroatoms. The first-order chi connectivity index (χ1) is 6.63. The first kappa shape index (κ1) is 17.5. The summed E-state index contributed by atoms with van der Waals surface area (Å²) in [6, 6.07) is 0. The van der Waals surface area contributed by atoms with Crippen molar-refractivity contribution in [3.63, 3.8) is 0 Å². The summed E-state index contributed by atoms with van der Waals surface area (Å²) in [6.07, 6.45) is 5.82. The number of carbonyl (C=O) groups is 2. The monoisotopic (exact) mass is 341 g/mol. The molecule has 4 nitrogen and oxygen atoms in total. The number of carboxylic acid groups (broad SMARTS) is 2. The Morgan fingerprint density at radius 1 is 0.667 bits per heavy atom. The van der Waals surface area contributed by atoms with Gasteiger partial charge in [0.1, 0.15) is 0 Å². The van der Waals surface area contributed by atoms with E-state index in [9.17, 15) is 9.59 Å². The maximum atomic E-state index is 10.1. The number of unbranched alkanes of at least 4 members (excludes halogenated alkanes) is 5. The van der Waals surface area contributed by atoms with Crippen molar-refractivity contribution in [1.82, 2.24) is 0 Å². The Morgan fingerprint density at radius 3 is 1.20 bits per heavy atom. The zero-order valence-corrected chi connectivity index (χ0v) is 12.6. The second kappa shape index (κ2) is 12.2. The van der Waals surface area contributed by atoms with Gasteiger partial charge in [-0.3, -0.25) is 9.59 Å². The van der Waals surface area contributed by atoms with E-state index in [1.54, 1.807) is 0 Å². The molecule has 0 spiro atoms. The van der Waals surface area contributed by atoms with Gasteiger partial charge in [-0.2, -0.15) is 0 Å². The van der Waals surface area contributed by atoms with Gasteiger partial charge in [0.15, 0.2) is 0 Å². The number of carboxylic acids is 2. The summed E-state index contributed by atoms with van der Waals surface area (Å²) in [6.45, 7) is 0. The molecule has 15 heavy (non-hydrogen) atoms. The molecule has 0 amide bonds. The fourth-order valence-corrected chi connectivity index (χ4v) is 1.26. The third-order valence-corrected chi connectivity index (χ3v) is 2.03. The molecule has 0 aliphatic carbocycles. The maximum Gasteiger partial charge on any atom is 0.303 e. The first-order valence-corrected chi connectivity index (χ1v) is 5.06. The van der Waals surface area contributed by atoms with Crippen LogP contribution in [-0.2, 0) is 9.59 Å². The van der Waals surface area contributed by atoms with Gasteiger partial charge in [0.05, 0.1) is 0 Å². The van der Waals surface area contributed by atoms with Gasteiger partial charge in [-0.1, -0.05) is 25.7 Å². The van der Waals surface area contributed by atoms with Crippen molar-refractivity contribution in [1.29, 1.82) is 0 Å². The van der Waals surface area contributed by atoms with E-state index in [1.807, 2.05) is 0 Å². The molecule has 2 N–H and O–H groups in total. The first-order valence-electron chi connectivity index (χ1n) is 5.06. The van der Waals surface area contributed by atoms with Crippen molar-refractivity contribution in [2.24, 2.45) is 0 Å². The Bertz CT molecular complexity index is 162. The van der Waals surface area contributed by atoms with E-state index in [2.05, 4.69) is 0 Å². The van der Waals surface area contributed by atoms with E-state index in [4.69, 9.17) is 10.2 Å². The van der Waals surface area contributed by atoms with Gasteiger partial charge in [0, 0.05) is 48.4 Å². The van der Waals surface area contributed by atoms with Gasteiger partial charge in [0.2, 0.25) is 0 Å². The predicted octanol–water partition coefficient (Wildman–Crippen LogP) is 2.28. The van der Waals surface area contributed by atoms with Crippen molar-refractivity contribution in [3.8, 4) is 0 Å². The number of hydrogen-bond acceptors (Lipinski definition) is 2. The normalized spacial score (nSPS) is 9.33. The SMILES string of the molecule is O=C(O)CCCCCCCCC(=O)O.[La]. The van der Waals surface area contributed by atoms with Crippen molar-refractivity contribution in [3.05, 3.63) is 0 Å². The van der Waals surface area contributed by atoms with Gasteiger partial charge in [-0.25, -0.2) is 0 Å². The predicted molar refractivity (Wildman–Crippen MR) is 52.2 cm³/mol. The van der Waals surface area contributed by atoms with E-state index < -0.39 is 11.9 Å². The fourth-order valence-electron chi connectivity index (χ4n) is 1.26. The molecule has 0 aliphatic rings. The molecule has 0 atom stereocenters. The molecule has 0 aromatic carbocycles. The third-order valence-electron chi connectivity index (χ3n) is 2.03. The topological polar surface area (TPSA) is 74.6 Å². The minimum absolute atomic E-state index is 0. The molecule has 0 heterocycles. The largest absolute Gasteiger partial charge is 0.481 e. The summed E-state index contributed by atoms with van der Waals surface area (Å²) in [5.74, 6) is -1.48. The molecule has 85 valence electrons. The van der Waals surface area contributed by atoms with Crippen LogP contribution in [0.2, 0.25) is 0 Å². The molecule has 0 aromatic heterocycles. The van der Waals surface area contributed by atoms with Crippen LogP contribution < -0.4 is 0 Å². The average Bonchev–Trinajstić information content (AvgIpc) is 2.08. The number of hydrogen-bond donors (Lipinski definition) is 2. The molecular weight excluding hydrogens is 323 g/mol. The van der Waals surface area contributed by atoms with Gasteiger partial charge < -0.3 is 10.2 Å². The summed E-state index contributed by atoms with van der Waals surface area (Å²) < 4.78 is 0. The van der Waals surface area contributed by atoms with Gasteiger partial charge in [-0.15, -0.1) is 0 Å². The van der Waals surface area contributed by atoms with E-state index in [1.165, 1.54) is 0 Å². The van der Waals surface area contributed by atoms with Crippen LogP contribution in [0.3, 0.4) is 0 Å². The van der Waals surface area contributed by atoms with Crippen molar-refractivity contribution >= 4 is 11.9 Å². The summed E-state index contributed by atoms with van der Waals surface area (Å²) in [4.78, 5) is 20.3. The van der Waals surface area contributed by atoms with Crippen LogP contribution in [-0.4, -0.2) is 22.2 Å². The number of aliphatic carboxylic acids is 2. The van der Waals surface area contributed by atoms with Crippen LogP contribution in [0.5, 0.6) is 0 Å². The molecule has 0 saturated carbocycles. The van der Waals surface area contributed by atoms with E-state index in [0.717, 1.165) is 38.5 Å². The van der Waals surface area contributed by atoms with Crippen molar-refractivity contribution in [2.75, 3.05) is 0 Å². The van der Waals surface area contributed by atoms with E-state index in [0.29, 0.717) is 0 Å². The van der Waals surface area contributed by atoms with Crippen molar-refractivity contribution < 1.29 is 55.4 Å². The number of rotatable bonds is 9. The summed E-state index contributed by atoms with van der Waals surface area (Å²) in [5.41, 5.74) is 0. The second-order valence-electron chi connectivity index (χ2n) is 3.41. The van der Waals surface area contributed by atoms with Crippen LogP contribution in [0, 0.1) is 35.6 Å². The standard InChI is InChI=1S/C10H18O4.La/c11-9(12)7-5-3-1-2-4-6-8-10(13)14;/h1-8H2,(H,11,12)(H,13,14);. The molecule has 0 rings (SSSR count). The van der Waals surface area contributed by atoms with Crippen LogP contribution in [0.1, 0.15) is 51.4 Å². The fraction of sp³-hybridized carbons (Fsp3) is 0.800. The van der Waals surface area contributed by atoms with E-state index >= 15 is 0 Å². The van der Waals surface area contributed by atoms with Crippen LogP contribution in [0.4, 0.5) is 0 Å². The van der Waals surface area contributed by atoms with Gasteiger partial charge in [-0.05, 0) is 12.8 Å². The Morgan fingerprint density at radius 2 is 0.933 bits per heavy atom. The van der Waals surface area contributed by atoms with E-state index in [-0.39, 0.29) is 48.4 Å². The zero-order valence-electron chi connectivity index (χ0n) is 8.95. The Hall–Kier alpha value is 0.135. The average molecular weight is 341 g/mol. The Kier molecular flexibility index (Phi) is 14.3. The maximum absolute atomic E-state index is 10.1. The molecule has 1 radical (unpaired) electrons. The summed E-state index contributed by atoms with van der Waals surface area (Å²) in [7, 11) is 0. The molecule has 0 fully saturated rings. The minimum atomic E-state index is -0.740. The van der Waals surface area contributed by atoms with Crippen LogP contribution >= 0.6 is 0 Å².